The minimum Gasteiger partial charge on any atom is -0.293 e. The van der Waals surface area contributed by atoms with Crippen LogP contribution in [-0.4, -0.2) is 10.8 Å². The summed E-state index contributed by atoms with van der Waals surface area (Å²) in [6.07, 6.45) is 0.379. The first-order valence-electron chi connectivity index (χ1n) is 4.45. The van der Waals surface area contributed by atoms with Gasteiger partial charge in [-0.05, 0) is 44.8 Å². The molecule has 0 atom stereocenters. The Morgan fingerprint density at radius 3 is 2.75 bits per heavy atom. The third kappa shape index (κ3) is 2.80. The van der Waals surface area contributed by atoms with Crippen LogP contribution in [0.15, 0.2) is 19.7 Å². The Morgan fingerprint density at radius 2 is 2.25 bits per heavy atom. The third-order valence-electron chi connectivity index (χ3n) is 1.93. The highest BCUT2D eigenvalue weighted by molar-refractivity contribution is 9.13. The van der Waals surface area contributed by atoms with Gasteiger partial charge in [0.15, 0.2) is 5.78 Å². The number of rotatable bonds is 3. The van der Waals surface area contributed by atoms with E-state index in [1.807, 2.05) is 18.4 Å². The maximum Gasteiger partial charge on any atom is 0.178 e. The first-order chi connectivity index (χ1) is 7.56. The molecule has 0 unspecified atom stereocenters. The van der Waals surface area contributed by atoms with Crippen molar-refractivity contribution in [1.29, 1.82) is 0 Å². The quantitative estimate of drug-likeness (QED) is 0.735. The second-order valence-corrected chi connectivity index (χ2v) is 7.48. The van der Waals surface area contributed by atoms with Gasteiger partial charge in [0.05, 0.1) is 25.8 Å². The lowest BCUT2D eigenvalue weighted by Crippen LogP contribution is -2.01. The molecule has 0 amide bonds. The first kappa shape index (κ1) is 12.4. The van der Waals surface area contributed by atoms with Gasteiger partial charge in [-0.1, -0.05) is 0 Å². The van der Waals surface area contributed by atoms with E-state index in [2.05, 4.69) is 36.8 Å². The molecular formula is C10H7Br2NOS2. The number of halogens is 2. The molecule has 0 bridgehead atoms. The number of thiazole rings is 1. The zero-order valence-corrected chi connectivity index (χ0v) is 13.1. The Bertz CT molecular complexity index is 513. The Labute approximate surface area is 118 Å². The van der Waals surface area contributed by atoms with Crippen LogP contribution < -0.4 is 0 Å². The molecule has 2 heterocycles. The zero-order valence-electron chi connectivity index (χ0n) is 8.29. The molecule has 0 aliphatic heterocycles. The number of carbonyl (C=O) groups is 1. The average molecular weight is 381 g/mol. The van der Waals surface area contributed by atoms with Crippen LogP contribution in [0.2, 0.25) is 0 Å². The lowest BCUT2D eigenvalue weighted by Gasteiger charge is -1.93. The van der Waals surface area contributed by atoms with Crippen molar-refractivity contribution in [3.63, 3.8) is 0 Å². The predicted octanol–water partition coefficient (Wildman–Crippen LogP) is 4.46. The van der Waals surface area contributed by atoms with Crippen molar-refractivity contribution in [3.05, 3.63) is 35.3 Å². The predicted molar refractivity (Wildman–Crippen MR) is 74.6 cm³/mol. The third-order valence-corrected chi connectivity index (χ3v) is 6.05. The van der Waals surface area contributed by atoms with Crippen LogP contribution in [0.4, 0.5) is 0 Å². The number of thiophene rings is 1. The molecular weight excluding hydrogens is 374 g/mol. The second-order valence-electron chi connectivity index (χ2n) is 3.19. The monoisotopic (exact) mass is 379 g/mol. The van der Waals surface area contributed by atoms with E-state index in [1.165, 1.54) is 11.3 Å². The summed E-state index contributed by atoms with van der Waals surface area (Å²) in [5, 5.41) is 2.93. The molecule has 0 aromatic carbocycles. The van der Waals surface area contributed by atoms with Crippen LogP contribution in [0, 0.1) is 6.92 Å². The van der Waals surface area contributed by atoms with Gasteiger partial charge >= 0.3 is 0 Å². The molecule has 0 fully saturated rings. The van der Waals surface area contributed by atoms with Gasteiger partial charge in [-0.25, -0.2) is 4.98 Å². The number of ketones is 1. The van der Waals surface area contributed by atoms with E-state index in [1.54, 1.807) is 11.3 Å². The summed E-state index contributed by atoms with van der Waals surface area (Å²) in [6.45, 7) is 1.94. The smallest absolute Gasteiger partial charge is 0.178 e. The van der Waals surface area contributed by atoms with Crippen LogP contribution in [-0.2, 0) is 6.42 Å². The summed E-state index contributed by atoms with van der Waals surface area (Å²) < 4.78 is 1.88. The lowest BCUT2D eigenvalue weighted by molar-refractivity contribution is 0.0996. The summed E-state index contributed by atoms with van der Waals surface area (Å²) >= 11 is 9.77. The molecule has 2 aromatic heterocycles. The standard InChI is InChI=1S/C10H7Br2NOS2/c1-5-13-6(4-15-5)2-8(14)9-3-7(11)10(12)16-9/h3-4H,2H2,1H3. The highest BCUT2D eigenvalue weighted by atomic mass is 79.9. The molecule has 0 aliphatic carbocycles. The van der Waals surface area contributed by atoms with Gasteiger partial charge in [-0.2, -0.15) is 0 Å². The minimum atomic E-state index is 0.113. The van der Waals surface area contributed by atoms with E-state index in [9.17, 15) is 4.79 Å². The number of Topliss-reactive ketones (excluding diaryl/α,β-unsaturated/α-hetero) is 1. The number of hydrogen-bond donors (Lipinski definition) is 0. The fourth-order valence-corrected chi connectivity index (χ4v) is 3.81. The van der Waals surface area contributed by atoms with E-state index in [4.69, 9.17) is 0 Å². The Kier molecular flexibility index (Phi) is 3.94. The van der Waals surface area contributed by atoms with Gasteiger partial charge in [0, 0.05) is 9.85 Å². The fraction of sp³-hybridized carbons (Fsp3) is 0.200. The van der Waals surface area contributed by atoms with Gasteiger partial charge in [0.2, 0.25) is 0 Å². The topological polar surface area (TPSA) is 30.0 Å². The van der Waals surface area contributed by atoms with Crippen LogP contribution >= 0.6 is 54.5 Å². The molecule has 0 saturated carbocycles. The highest BCUT2D eigenvalue weighted by Crippen LogP contribution is 2.33. The van der Waals surface area contributed by atoms with E-state index >= 15 is 0 Å². The second kappa shape index (κ2) is 5.08. The maximum atomic E-state index is 11.9. The van der Waals surface area contributed by atoms with Gasteiger partial charge in [0.1, 0.15) is 0 Å². The Morgan fingerprint density at radius 1 is 1.50 bits per heavy atom. The number of carbonyl (C=O) groups excluding carboxylic acids is 1. The van der Waals surface area contributed by atoms with Crippen LogP contribution in [0.25, 0.3) is 0 Å². The highest BCUT2D eigenvalue weighted by Gasteiger charge is 2.13. The van der Waals surface area contributed by atoms with E-state index < -0.39 is 0 Å². The molecule has 2 aromatic rings. The fourth-order valence-electron chi connectivity index (χ4n) is 1.23. The van der Waals surface area contributed by atoms with E-state index in [0.717, 1.165) is 23.8 Å². The SMILES string of the molecule is Cc1nc(CC(=O)c2cc(Br)c(Br)s2)cs1. The normalized spacial score (nSPS) is 10.7. The summed E-state index contributed by atoms with van der Waals surface area (Å²) in [4.78, 5) is 17.0. The summed E-state index contributed by atoms with van der Waals surface area (Å²) in [5.74, 6) is 0.113. The molecule has 0 N–H and O–H groups in total. The first-order valence-corrected chi connectivity index (χ1v) is 7.73. The molecule has 16 heavy (non-hydrogen) atoms. The van der Waals surface area contributed by atoms with Gasteiger partial charge in [-0.15, -0.1) is 22.7 Å². The van der Waals surface area contributed by atoms with Gasteiger partial charge in [0.25, 0.3) is 0 Å². The number of nitrogens with zero attached hydrogens (tertiary/aromatic N) is 1. The van der Waals surface area contributed by atoms with Crippen molar-refractivity contribution < 1.29 is 4.79 Å². The number of aromatic nitrogens is 1. The van der Waals surface area contributed by atoms with Crippen LogP contribution in [0.1, 0.15) is 20.4 Å². The molecule has 0 aliphatic rings. The number of hydrogen-bond acceptors (Lipinski definition) is 4. The largest absolute Gasteiger partial charge is 0.293 e. The lowest BCUT2D eigenvalue weighted by atomic mass is 10.2. The van der Waals surface area contributed by atoms with Gasteiger partial charge < -0.3 is 0 Å². The molecule has 0 spiro atoms. The molecule has 0 radical (unpaired) electrons. The van der Waals surface area contributed by atoms with E-state index in [-0.39, 0.29) is 5.78 Å². The van der Waals surface area contributed by atoms with Crippen molar-refractivity contribution >= 4 is 60.3 Å². The van der Waals surface area contributed by atoms with Crippen molar-refractivity contribution in [2.24, 2.45) is 0 Å². The molecule has 84 valence electrons. The summed E-state index contributed by atoms with van der Waals surface area (Å²) in [5.41, 5.74) is 0.855. The molecule has 2 nitrogen and oxygen atoms in total. The Balaban J connectivity index is 2.14. The van der Waals surface area contributed by atoms with Crippen molar-refractivity contribution in [1.82, 2.24) is 4.98 Å². The van der Waals surface area contributed by atoms with Crippen molar-refractivity contribution in [2.75, 3.05) is 0 Å². The van der Waals surface area contributed by atoms with Crippen LogP contribution in [0.3, 0.4) is 0 Å². The number of aryl methyl sites for hydroxylation is 1. The summed E-state index contributed by atoms with van der Waals surface area (Å²) in [6, 6.07) is 1.84. The van der Waals surface area contributed by atoms with Gasteiger partial charge in [-0.3, -0.25) is 4.79 Å². The molecule has 2 rings (SSSR count). The molecule has 6 heteroatoms. The zero-order chi connectivity index (χ0) is 11.7. The van der Waals surface area contributed by atoms with Crippen molar-refractivity contribution in [2.45, 2.75) is 13.3 Å². The minimum absolute atomic E-state index is 0.113. The van der Waals surface area contributed by atoms with E-state index in [0.29, 0.717) is 6.42 Å². The molecule has 0 saturated heterocycles. The van der Waals surface area contributed by atoms with Crippen molar-refractivity contribution in [3.8, 4) is 0 Å². The maximum absolute atomic E-state index is 11.9. The summed E-state index contributed by atoms with van der Waals surface area (Å²) in [7, 11) is 0. The average Bonchev–Trinajstić information content (AvgIpc) is 2.75. The van der Waals surface area contributed by atoms with Crippen LogP contribution in [0.5, 0.6) is 0 Å². The Hall–Kier alpha value is -0.0400.